The molecule has 0 aromatic heterocycles. The van der Waals surface area contributed by atoms with Gasteiger partial charge in [0.1, 0.15) is 0 Å². The maximum atomic E-state index is 13.1. The first kappa shape index (κ1) is 17.5. The molecule has 0 amide bonds. The Morgan fingerprint density at radius 2 is 1.48 bits per heavy atom. The predicted molar refractivity (Wildman–Crippen MR) is 97.3 cm³/mol. The average molecular weight is 307 g/mol. The molecule has 0 aliphatic heterocycles. The topological polar surface area (TPSA) is 17.1 Å². The molecule has 0 fully saturated rings. The quantitative estimate of drug-likeness (QED) is 0.588. The highest BCUT2D eigenvalue weighted by Gasteiger charge is 2.21. The summed E-state index contributed by atoms with van der Waals surface area (Å²) < 4.78 is 0. The van der Waals surface area contributed by atoms with Crippen LogP contribution in [0.3, 0.4) is 0 Å². The molecule has 1 nitrogen and oxygen atoms in total. The Morgan fingerprint density at radius 1 is 0.957 bits per heavy atom. The summed E-state index contributed by atoms with van der Waals surface area (Å²) in [5.74, 6) is 0.893. The molecule has 121 valence electrons. The van der Waals surface area contributed by atoms with Gasteiger partial charge in [-0.25, -0.2) is 0 Å². The van der Waals surface area contributed by atoms with Gasteiger partial charge >= 0.3 is 0 Å². The van der Waals surface area contributed by atoms with Gasteiger partial charge in [-0.3, -0.25) is 4.79 Å². The summed E-state index contributed by atoms with van der Waals surface area (Å²) in [6, 6.07) is 17.6. The average Bonchev–Trinajstić information content (AvgIpc) is 2.55. The minimum Gasteiger partial charge on any atom is -0.293 e. The fourth-order valence-corrected chi connectivity index (χ4v) is 2.84. The number of rotatable bonds is 6. The third-order valence-corrected chi connectivity index (χ3v) is 4.37. The van der Waals surface area contributed by atoms with Gasteiger partial charge in [0.15, 0.2) is 5.78 Å². The first-order valence-electron chi connectivity index (χ1n) is 8.60. The highest BCUT2D eigenvalue weighted by Crippen LogP contribution is 2.28. The van der Waals surface area contributed by atoms with Crippen molar-refractivity contribution in [2.75, 3.05) is 0 Å². The monoisotopic (exact) mass is 307 g/mol. The zero-order valence-corrected chi connectivity index (χ0v) is 14.9. The van der Waals surface area contributed by atoms with E-state index in [1.54, 1.807) is 0 Å². The second-order valence-electron chi connectivity index (χ2n) is 6.82. The van der Waals surface area contributed by atoms with Crippen molar-refractivity contribution in [2.45, 2.75) is 58.8 Å². The molecule has 0 aliphatic carbocycles. The van der Waals surface area contributed by atoms with E-state index in [1.165, 1.54) is 0 Å². The molecular weight excluding hydrogens is 280 g/mol. The zero-order chi connectivity index (χ0) is 17.0. The van der Waals surface area contributed by atoms with Crippen LogP contribution in [0.15, 0.2) is 42.5 Å². The lowest BCUT2D eigenvalue weighted by Crippen LogP contribution is -2.13. The van der Waals surface area contributed by atoms with Crippen LogP contribution < -0.4 is 0 Å². The Morgan fingerprint density at radius 3 is 1.91 bits per heavy atom. The van der Waals surface area contributed by atoms with Gasteiger partial charge in [0.05, 0.1) is 0 Å². The summed E-state index contributed by atoms with van der Waals surface area (Å²) in [6.45, 7) is 10.7. The smallest absolute Gasteiger partial charge is 0.170 e. The van der Waals surface area contributed by atoms with Crippen LogP contribution in [0.4, 0.5) is 0 Å². The number of hydrogen-bond donors (Lipinski definition) is 0. The highest BCUT2D eigenvalue weighted by atomic mass is 16.1. The molecule has 0 saturated carbocycles. The van der Waals surface area contributed by atoms with Gasteiger partial charge in [-0.05, 0) is 53.1 Å². The van der Waals surface area contributed by atoms with Crippen LogP contribution in [0.2, 0.25) is 0 Å². The van der Waals surface area contributed by atoms with Crippen LogP contribution >= 0.6 is 0 Å². The van der Waals surface area contributed by atoms with Crippen LogP contribution in [-0.4, -0.2) is 5.78 Å². The maximum absolute atomic E-state index is 13.1. The van der Waals surface area contributed by atoms with Gasteiger partial charge in [-0.1, -0.05) is 65.0 Å². The summed E-state index contributed by atoms with van der Waals surface area (Å²) >= 11 is 0. The number of carbonyl (C=O) groups excluding carboxylic acids is 1. The normalized spacial score (nSPS) is 12.7. The van der Waals surface area contributed by atoms with Crippen molar-refractivity contribution >= 4 is 5.78 Å². The molecular formula is C22H27O. The Bertz CT molecular complexity index is 627. The molecule has 0 saturated heterocycles. The minimum absolute atomic E-state index is 0.0707. The third-order valence-electron chi connectivity index (χ3n) is 4.37. The third kappa shape index (κ3) is 4.10. The van der Waals surface area contributed by atoms with Crippen molar-refractivity contribution in [3.05, 3.63) is 70.8 Å². The molecule has 0 spiro atoms. The van der Waals surface area contributed by atoms with Crippen molar-refractivity contribution in [3.8, 4) is 0 Å². The van der Waals surface area contributed by atoms with Gasteiger partial charge in [0.25, 0.3) is 0 Å². The van der Waals surface area contributed by atoms with Crippen LogP contribution in [0.1, 0.15) is 85.8 Å². The van der Waals surface area contributed by atoms with E-state index in [0.717, 1.165) is 28.7 Å². The van der Waals surface area contributed by atoms with E-state index in [9.17, 15) is 4.79 Å². The number of hydrogen-bond acceptors (Lipinski definition) is 1. The summed E-state index contributed by atoms with van der Waals surface area (Å²) in [4.78, 5) is 13.1. The van der Waals surface area contributed by atoms with Crippen LogP contribution in [0.25, 0.3) is 0 Å². The lowest BCUT2D eigenvalue weighted by atomic mass is 9.85. The summed E-state index contributed by atoms with van der Waals surface area (Å²) in [5, 5.41) is 0. The Balaban J connectivity index is 2.45. The van der Waals surface area contributed by atoms with Crippen molar-refractivity contribution in [2.24, 2.45) is 0 Å². The second-order valence-corrected chi connectivity index (χ2v) is 6.82. The van der Waals surface area contributed by atoms with Gasteiger partial charge < -0.3 is 0 Å². The SMILES string of the molecule is CCC(C(=O)c1cc(C(C)C)[c]c(C(C)C)c1)c1ccccc1. The van der Waals surface area contributed by atoms with Crippen LogP contribution in [0, 0.1) is 6.07 Å². The lowest BCUT2D eigenvalue weighted by molar-refractivity contribution is 0.0957. The molecule has 0 heterocycles. The maximum Gasteiger partial charge on any atom is 0.170 e. The zero-order valence-electron chi connectivity index (χ0n) is 14.9. The molecule has 0 N–H and O–H groups in total. The molecule has 2 aromatic rings. The van der Waals surface area contributed by atoms with E-state index in [2.05, 4.69) is 40.7 Å². The molecule has 1 unspecified atom stereocenters. The van der Waals surface area contributed by atoms with Gasteiger partial charge in [0, 0.05) is 11.5 Å². The van der Waals surface area contributed by atoms with E-state index in [1.807, 2.05) is 42.5 Å². The van der Waals surface area contributed by atoms with Crippen LogP contribution in [0.5, 0.6) is 0 Å². The van der Waals surface area contributed by atoms with Crippen molar-refractivity contribution in [3.63, 3.8) is 0 Å². The number of ketones is 1. The molecule has 1 atom stereocenters. The van der Waals surface area contributed by atoms with Crippen molar-refractivity contribution in [1.82, 2.24) is 0 Å². The molecule has 2 aromatic carbocycles. The predicted octanol–water partition coefficient (Wildman–Crippen LogP) is 6.11. The summed E-state index contributed by atoms with van der Waals surface area (Å²) in [7, 11) is 0. The van der Waals surface area contributed by atoms with Crippen molar-refractivity contribution < 1.29 is 4.79 Å². The van der Waals surface area contributed by atoms with E-state index < -0.39 is 0 Å². The summed E-state index contributed by atoms with van der Waals surface area (Å²) in [5.41, 5.74) is 4.18. The van der Waals surface area contributed by atoms with Gasteiger partial charge in [-0.2, -0.15) is 0 Å². The number of carbonyl (C=O) groups is 1. The largest absolute Gasteiger partial charge is 0.293 e. The van der Waals surface area contributed by atoms with Gasteiger partial charge in [-0.15, -0.1) is 0 Å². The number of Topliss-reactive ketones (excluding diaryl/α,β-unsaturated/α-hetero) is 1. The molecule has 0 bridgehead atoms. The standard InChI is InChI=1S/C22H27O/c1-6-21(17-10-8-7-9-11-17)22(23)20-13-18(15(2)3)12-19(14-20)16(4)5/h7-11,13-16,21H,6H2,1-5H3. The first-order chi connectivity index (χ1) is 10.9. The van der Waals surface area contributed by atoms with E-state index in [4.69, 9.17) is 0 Å². The van der Waals surface area contributed by atoms with E-state index in [0.29, 0.717) is 11.8 Å². The molecule has 23 heavy (non-hydrogen) atoms. The first-order valence-corrected chi connectivity index (χ1v) is 8.60. The molecule has 1 radical (unpaired) electrons. The summed E-state index contributed by atoms with van der Waals surface area (Å²) in [6.07, 6.45) is 0.815. The minimum atomic E-state index is -0.0707. The van der Waals surface area contributed by atoms with E-state index >= 15 is 0 Å². The molecule has 2 rings (SSSR count). The second kappa shape index (κ2) is 7.59. The highest BCUT2D eigenvalue weighted by molar-refractivity contribution is 6.01. The van der Waals surface area contributed by atoms with E-state index in [-0.39, 0.29) is 11.7 Å². The lowest BCUT2D eigenvalue weighted by Gasteiger charge is -2.18. The van der Waals surface area contributed by atoms with Crippen LogP contribution in [-0.2, 0) is 0 Å². The Kier molecular flexibility index (Phi) is 5.76. The Hall–Kier alpha value is -1.89. The molecule has 0 aliphatic rings. The fraction of sp³-hybridized carbons (Fsp3) is 0.409. The molecule has 1 heteroatoms. The fourth-order valence-electron chi connectivity index (χ4n) is 2.84. The number of benzene rings is 2. The van der Waals surface area contributed by atoms with Gasteiger partial charge in [0.2, 0.25) is 0 Å². The van der Waals surface area contributed by atoms with Crippen molar-refractivity contribution in [1.29, 1.82) is 0 Å². The Labute approximate surface area is 140 Å².